The average molecular weight is 295 g/mol. The van der Waals surface area contributed by atoms with Gasteiger partial charge in [-0.2, -0.15) is 0 Å². The Morgan fingerprint density at radius 1 is 1.45 bits per heavy atom. The molecular formula is C18H21N3O. The molecule has 1 saturated heterocycles. The third-order valence-corrected chi connectivity index (χ3v) is 6.79. The molecule has 1 aliphatic heterocycles. The van der Waals surface area contributed by atoms with Crippen molar-refractivity contribution in [2.24, 2.45) is 5.41 Å². The standard InChI is InChI=1S/C18H21N3O/c1-17-9-18(17)11-5-4-6-12-14(11)10(8-20-12)7-13(18)21(3)15(17)16(22)19-2/h4-6,8,13,15,20H,7,9H2,1-3H3,(H,19,22)/t13-,15?,17+,18+/m1/s1. The molecule has 114 valence electrons. The van der Waals surface area contributed by atoms with Crippen LogP contribution >= 0.6 is 0 Å². The van der Waals surface area contributed by atoms with Crippen molar-refractivity contribution in [3.05, 3.63) is 35.5 Å². The molecule has 4 nitrogen and oxygen atoms in total. The third-order valence-electron chi connectivity index (χ3n) is 6.79. The molecule has 3 aliphatic rings. The number of amides is 1. The van der Waals surface area contributed by atoms with E-state index in [1.165, 1.54) is 22.0 Å². The van der Waals surface area contributed by atoms with Crippen LogP contribution in [0.1, 0.15) is 24.5 Å². The molecule has 1 aromatic heterocycles. The van der Waals surface area contributed by atoms with Gasteiger partial charge in [0, 0.05) is 41.0 Å². The van der Waals surface area contributed by atoms with Crippen molar-refractivity contribution >= 4 is 16.8 Å². The minimum Gasteiger partial charge on any atom is -0.361 e. The first-order chi connectivity index (χ1) is 10.5. The summed E-state index contributed by atoms with van der Waals surface area (Å²) in [5.74, 6) is 0.162. The van der Waals surface area contributed by atoms with Gasteiger partial charge in [0.15, 0.2) is 0 Å². The number of hydrogen-bond acceptors (Lipinski definition) is 2. The number of carbonyl (C=O) groups excluding carboxylic acids is 1. The van der Waals surface area contributed by atoms with Gasteiger partial charge in [-0.05, 0) is 37.1 Å². The van der Waals surface area contributed by atoms with Crippen LogP contribution in [0.15, 0.2) is 24.4 Å². The molecule has 4 heteroatoms. The van der Waals surface area contributed by atoms with Crippen LogP contribution in [0, 0.1) is 5.41 Å². The molecule has 2 N–H and O–H groups in total. The smallest absolute Gasteiger partial charge is 0.237 e. The number of likely N-dealkylation sites (tertiary alicyclic amines) is 1. The molecule has 1 unspecified atom stereocenters. The number of H-pyrrole nitrogens is 1. The maximum absolute atomic E-state index is 12.5. The number of aromatic nitrogens is 1. The summed E-state index contributed by atoms with van der Waals surface area (Å²) in [7, 11) is 3.88. The maximum Gasteiger partial charge on any atom is 0.237 e. The van der Waals surface area contributed by atoms with Crippen LogP contribution in [0.25, 0.3) is 10.9 Å². The normalized spacial score (nSPS) is 38.7. The Kier molecular flexibility index (Phi) is 2.06. The van der Waals surface area contributed by atoms with Crippen LogP contribution in [0.3, 0.4) is 0 Å². The molecule has 4 atom stereocenters. The number of hydrogen-bond donors (Lipinski definition) is 2. The second kappa shape index (κ2) is 3.57. The lowest BCUT2D eigenvalue weighted by Gasteiger charge is -2.35. The van der Waals surface area contributed by atoms with Gasteiger partial charge in [0.25, 0.3) is 0 Å². The number of rotatable bonds is 1. The van der Waals surface area contributed by atoms with Crippen molar-refractivity contribution in [1.29, 1.82) is 0 Å². The lowest BCUT2D eigenvalue weighted by atomic mass is 9.74. The Bertz CT molecular complexity index is 825. The van der Waals surface area contributed by atoms with E-state index in [1.54, 1.807) is 7.05 Å². The number of piperidine rings is 1. The lowest BCUT2D eigenvalue weighted by Crippen LogP contribution is -2.49. The van der Waals surface area contributed by atoms with Gasteiger partial charge in [0.2, 0.25) is 5.91 Å². The highest BCUT2D eigenvalue weighted by Crippen LogP contribution is 2.76. The molecule has 2 fully saturated rings. The van der Waals surface area contributed by atoms with Crippen molar-refractivity contribution in [3.63, 3.8) is 0 Å². The number of aromatic amines is 1. The highest BCUT2D eigenvalue weighted by atomic mass is 16.2. The molecule has 1 spiro atoms. The van der Waals surface area contributed by atoms with E-state index in [9.17, 15) is 4.79 Å². The zero-order valence-corrected chi connectivity index (χ0v) is 13.2. The minimum absolute atomic E-state index is 0.0225. The van der Waals surface area contributed by atoms with Crippen molar-refractivity contribution in [1.82, 2.24) is 15.2 Å². The minimum atomic E-state index is -0.0225. The first-order valence-electron chi connectivity index (χ1n) is 8.07. The molecule has 1 amide bonds. The first kappa shape index (κ1) is 12.7. The zero-order valence-electron chi connectivity index (χ0n) is 13.2. The lowest BCUT2D eigenvalue weighted by molar-refractivity contribution is -0.127. The van der Waals surface area contributed by atoms with Crippen molar-refractivity contribution in [2.75, 3.05) is 14.1 Å². The Labute approximate surface area is 129 Å². The fraction of sp³-hybridized carbons (Fsp3) is 0.500. The Balaban J connectivity index is 1.77. The van der Waals surface area contributed by atoms with Gasteiger partial charge in [-0.25, -0.2) is 0 Å². The van der Waals surface area contributed by atoms with Crippen molar-refractivity contribution < 1.29 is 4.79 Å². The number of carbonyl (C=O) groups is 1. The third kappa shape index (κ3) is 1.09. The number of benzene rings is 1. The predicted octanol–water partition coefficient (Wildman–Crippen LogP) is 1.80. The summed E-state index contributed by atoms with van der Waals surface area (Å²) < 4.78 is 0. The molecule has 2 aromatic rings. The monoisotopic (exact) mass is 295 g/mol. The molecular weight excluding hydrogens is 274 g/mol. The van der Waals surface area contributed by atoms with Crippen LogP contribution in [0.4, 0.5) is 0 Å². The van der Waals surface area contributed by atoms with Gasteiger partial charge in [-0.1, -0.05) is 19.1 Å². The molecule has 22 heavy (non-hydrogen) atoms. The summed E-state index contributed by atoms with van der Waals surface area (Å²) in [6.07, 6.45) is 4.31. The quantitative estimate of drug-likeness (QED) is 0.843. The maximum atomic E-state index is 12.5. The Hall–Kier alpha value is -1.81. The van der Waals surface area contributed by atoms with Gasteiger partial charge >= 0.3 is 0 Å². The number of nitrogens with one attached hydrogen (secondary N) is 2. The van der Waals surface area contributed by atoms with Crippen molar-refractivity contribution in [2.45, 2.75) is 37.3 Å². The summed E-state index contributed by atoms with van der Waals surface area (Å²) in [6.45, 7) is 2.31. The van der Waals surface area contributed by atoms with E-state index in [1.807, 2.05) is 0 Å². The average Bonchev–Trinajstić information content (AvgIpc) is 2.85. The van der Waals surface area contributed by atoms with Crippen LogP contribution < -0.4 is 5.32 Å². The predicted molar refractivity (Wildman–Crippen MR) is 85.8 cm³/mol. The summed E-state index contributed by atoms with van der Waals surface area (Å²) in [5.41, 5.74) is 4.29. The summed E-state index contributed by atoms with van der Waals surface area (Å²) in [6, 6.07) is 7.01. The fourth-order valence-electron chi connectivity index (χ4n) is 5.86. The van der Waals surface area contributed by atoms with Crippen molar-refractivity contribution in [3.8, 4) is 0 Å². The molecule has 1 saturated carbocycles. The topological polar surface area (TPSA) is 48.1 Å². The van der Waals surface area contributed by atoms with Crippen LogP contribution in [0.5, 0.6) is 0 Å². The van der Waals surface area contributed by atoms with E-state index in [0.29, 0.717) is 6.04 Å². The van der Waals surface area contributed by atoms with Gasteiger partial charge < -0.3 is 10.3 Å². The second-order valence-electron chi connectivity index (χ2n) is 7.51. The molecule has 0 radical (unpaired) electrons. The Morgan fingerprint density at radius 3 is 3.05 bits per heavy atom. The summed E-state index contributed by atoms with van der Waals surface area (Å²) in [5, 5.41) is 4.29. The van der Waals surface area contributed by atoms with E-state index >= 15 is 0 Å². The van der Waals surface area contributed by atoms with Crippen LogP contribution in [-0.2, 0) is 16.6 Å². The van der Waals surface area contributed by atoms with Gasteiger partial charge in [-0.3, -0.25) is 9.69 Å². The van der Waals surface area contributed by atoms with Crippen LogP contribution in [-0.4, -0.2) is 42.0 Å². The van der Waals surface area contributed by atoms with Gasteiger partial charge in [-0.15, -0.1) is 0 Å². The zero-order chi connectivity index (χ0) is 15.3. The molecule has 2 heterocycles. The van der Waals surface area contributed by atoms with Crippen LogP contribution in [0.2, 0.25) is 0 Å². The number of nitrogens with zero attached hydrogens (tertiary/aromatic N) is 1. The van der Waals surface area contributed by atoms with Gasteiger partial charge in [0.1, 0.15) is 0 Å². The summed E-state index contributed by atoms with van der Waals surface area (Å²) >= 11 is 0. The first-order valence-corrected chi connectivity index (χ1v) is 8.07. The van der Waals surface area contributed by atoms with E-state index in [-0.39, 0.29) is 22.8 Å². The second-order valence-corrected chi connectivity index (χ2v) is 7.51. The Morgan fingerprint density at radius 2 is 2.27 bits per heavy atom. The highest BCUT2D eigenvalue weighted by molar-refractivity contribution is 5.92. The van der Waals surface area contributed by atoms with E-state index < -0.39 is 0 Å². The largest absolute Gasteiger partial charge is 0.361 e. The van der Waals surface area contributed by atoms with E-state index in [4.69, 9.17) is 0 Å². The highest BCUT2D eigenvalue weighted by Gasteiger charge is 2.80. The SMILES string of the molecule is CNC(=O)C1N(C)[C@@H]2Cc3c[nH]c4cccc(c34)[C@@]23C[C@@]13C. The fourth-order valence-corrected chi connectivity index (χ4v) is 5.86. The molecule has 2 aliphatic carbocycles. The number of likely N-dealkylation sites (N-methyl/N-ethyl adjacent to an activating group) is 2. The van der Waals surface area contributed by atoms with E-state index in [2.05, 4.69) is 53.6 Å². The van der Waals surface area contributed by atoms with E-state index in [0.717, 1.165) is 12.8 Å². The molecule has 1 aromatic carbocycles. The molecule has 0 bridgehead atoms. The van der Waals surface area contributed by atoms with Gasteiger partial charge in [0.05, 0.1) is 6.04 Å². The molecule has 5 rings (SSSR count). The summed E-state index contributed by atoms with van der Waals surface area (Å²) in [4.78, 5) is 18.3.